The minimum atomic E-state index is -0.734. The molecule has 1 fully saturated rings. The van der Waals surface area contributed by atoms with Crippen LogP contribution < -0.4 is 10.6 Å². The minimum absolute atomic E-state index is 0.0559. The number of carboxylic acids is 1. The molecule has 0 spiro atoms. The van der Waals surface area contributed by atoms with Crippen molar-refractivity contribution in [3.8, 4) is 0 Å². The Morgan fingerprint density at radius 2 is 2.04 bits per heavy atom. The number of imidazole rings is 1. The molecular weight excluding hydrogens is 296 g/mol. The van der Waals surface area contributed by atoms with Crippen LogP contribution in [0.3, 0.4) is 0 Å². The average Bonchev–Trinajstić information content (AvgIpc) is 3.01. The van der Waals surface area contributed by atoms with Crippen LogP contribution >= 0.6 is 0 Å². The first-order chi connectivity index (χ1) is 11.1. The number of nitrogens with zero attached hydrogens (tertiary/aromatic N) is 2. The molecule has 0 atom stereocenters. The van der Waals surface area contributed by atoms with Crippen LogP contribution in [0.2, 0.25) is 0 Å². The van der Waals surface area contributed by atoms with Gasteiger partial charge in [0, 0.05) is 31.2 Å². The molecule has 3 N–H and O–H groups in total. The zero-order chi connectivity index (χ0) is 16.2. The molecule has 2 amide bonds. The highest BCUT2D eigenvalue weighted by Gasteiger charge is 2.26. The molecule has 0 saturated heterocycles. The SMILES string of the molecule is O=C(NCc1ccn2ccnc2c1)NC1CCC(C(=O)O)CC1. The number of pyridine rings is 1. The third kappa shape index (κ3) is 3.80. The topological polar surface area (TPSA) is 95.7 Å². The summed E-state index contributed by atoms with van der Waals surface area (Å²) in [6.45, 7) is 0.430. The third-order valence-electron chi connectivity index (χ3n) is 4.33. The second-order valence-electron chi connectivity index (χ2n) is 5.94. The summed E-state index contributed by atoms with van der Waals surface area (Å²) in [6, 6.07) is 3.71. The molecule has 0 bridgehead atoms. The molecule has 1 aliphatic rings. The molecule has 0 aromatic carbocycles. The summed E-state index contributed by atoms with van der Waals surface area (Å²) in [6.07, 6.45) is 8.17. The normalized spacial score (nSPS) is 21.0. The van der Waals surface area contributed by atoms with Gasteiger partial charge >= 0.3 is 12.0 Å². The van der Waals surface area contributed by atoms with E-state index in [0.29, 0.717) is 32.2 Å². The molecule has 7 heteroatoms. The molecular formula is C16H20N4O3. The van der Waals surface area contributed by atoms with Crippen molar-refractivity contribution >= 4 is 17.6 Å². The molecule has 3 rings (SSSR count). The Morgan fingerprint density at radius 1 is 1.26 bits per heavy atom. The van der Waals surface area contributed by atoms with E-state index in [2.05, 4.69) is 15.6 Å². The van der Waals surface area contributed by atoms with Gasteiger partial charge in [0.25, 0.3) is 0 Å². The van der Waals surface area contributed by atoms with E-state index in [1.54, 1.807) is 6.20 Å². The lowest BCUT2D eigenvalue weighted by atomic mass is 9.86. The number of hydrogen-bond donors (Lipinski definition) is 3. The third-order valence-corrected chi connectivity index (χ3v) is 4.33. The fourth-order valence-electron chi connectivity index (χ4n) is 2.97. The Bertz CT molecular complexity index is 704. The second-order valence-corrected chi connectivity index (χ2v) is 5.94. The van der Waals surface area contributed by atoms with Crippen molar-refractivity contribution in [2.75, 3.05) is 0 Å². The van der Waals surface area contributed by atoms with Crippen LogP contribution in [-0.2, 0) is 11.3 Å². The number of carboxylic acid groups (broad SMARTS) is 1. The van der Waals surface area contributed by atoms with Gasteiger partial charge < -0.3 is 20.1 Å². The van der Waals surface area contributed by atoms with Gasteiger partial charge in [-0.25, -0.2) is 9.78 Å². The van der Waals surface area contributed by atoms with E-state index >= 15 is 0 Å². The van der Waals surface area contributed by atoms with Crippen molar-refractivity contribution in [3.63, 3.8) is 0 Å². The predicted molar refractivity (Wildman–Crippen MR) is 83.9 cm³/mol. The van der Waals surface area contributed by atoms with E-state index in [9.17, 15) is 9.59 Å². The predicted octanol–water partition coefficient (Wildman–Crippen LogP) is 1.78. The van der Waals surface area contributed by atoms with Gasteiger partial charge in [-0.2, -0.15) is 0 Å². The number of hydrogen-bond acceptors (Lipinski definition) is 3. The Kier molecular flexibility index (Phi) is 4.45. The molecule has 2 heterocycles. The van der Waals surface area contributed by atoms with E-state index in [1.807, 2.05) is 28.9 Å². The van der Waals surface area contributed by atoms with Crippen molar-refractivity contribution in [3.05, 3.63) is 36.3 Å². The van der Waals surface area contributed by atoms with E-state index in [0.717, 1.165) is 11.2 Å². The number of carbonyl (C=O) groups is 2. The molecule has 0 radical (unpaired) electrons. The summed E-state index contributed by atoms with van der Waals surface area (Å²) in [5, 5.41) is 14.7. The summed E-state index contributed by atoms with van der Waals surface area (Å²) >= 11 is 0. The van der Waals surface area contributed by atoms with Gasteiger partial charge in [-0.05, 0) is 43.4 Å². The van der Waals surface area contributed by atoms with Crippen LogP contribution in [0.15, 0.2) is 30.7 Å². The van der Waals surface area contributed by atoms with E-state index in [4.69, 9.17) is 5.11 Å². The van der Waals surface area contributed by atoms with E-state index in [1.165, 1.54) is 0 Å². The van der Waals surface area contributed by atoms with Gasteiger partial charge in [0.1, 0.15) is 5.65 Å². The molecule has 2 aromatic rings. The van der Waals surface area contributed by atoms with Crippen molar-refractivity contribution in [1.82, 2.24) is 20.0 Å². The molecule has 7 nitrogen and oxygen atoms in total. The lowest BCUT2D eigenvalue weighted by Gasteiger charge is -2.26. The van der Waals surface area contributed by atoms with Crippen molar-refractivity contribution in [2.24, 2.45) is 5.92 Å². The van der Waals surface area contributed by atoms with Gasteiger partial charge in [0.05, 0.1) is 5.92 Å². The maximum Gasteiger partial charge on any atom is 0.315 e. The zero-order valence-corrected chi connectivity index (χ0v) is 12.7. The smallest absolute Gasteiger partial charge is 0.315 e. The molecule has 122 valence electrons. The quantitative estimate of drug-likeness (QED) is 0.801. The minimum Gasteiger partial charge on any atom is -0.481 e. The first-order valence-corrected chi connectivity index (χ1v) is 7.80. The highest BCUT2D eigenvalue weighted by atomic mass is 16.4. The maximum atomic E-state index is 12.0. The van der Waals surface area contributed by atoms with Crippen molar-refractivity contribution in [2.45, 2.75) is 38.3 Å². The van der Waals surface area contributed by atoms with Gasteiger partial charge in [-0.3, -0.25) is 4.79 Å². The summed E-state index contributed by atoms with van der Waals surface area (Å²) in [7, 11) is 0. The Hall–Kier alpha value is -2.57. The van der Waals surface area contributed by atoms with Gasteiger partial charge in [-0.15, -0.1) is 0 Å². The highest BCUT2D eigenvalue weighted by molar-refractivity contribution is 5.74. The highest BCUT2D eigenvalue weighted by Crippen LogP contribution is 2.24. The average molecular weight is 316 g/mol. The molecule has 1 saturated carbocycles. The zero-order valence-electron chi connectivity index (χ0n) is 12.7. The first kappa shape index (κ1) is 15.3. The largest absolute Gasteiger partial charge is 0.481 e. The number of nitrogens with one attached hydrogen (secondary N) is 2. The monoisotopic (exact) mass is 316 g/mol. The number of carbonyl (C=O) groups excluding carboxylic acids is 1. The van der Waals surface area contributed by atoms with E-state index in [-0.39, 0.29) is 18.0 Å². The summed E-state index contributed by atoms with van der Waals surface area (Å²) < 4.78 is 1.91. The molecule has 1 aliphatic carbocycles. The number of aliphatic carboxylic acids is 1. The van der Waals surface area contributed by atoms with Crippen molar-refractivity contribution < 1.29 is 14.7 Å². The Morgan fingerprint density at radius 3 is 2.78 bits per heavy atom. The van der Waals surface area contributed by atoms with E-state index < -0.39 is 5.97 Å². The number of amides is 2. The molecule has 2 aromatic heterocycles. The number of fused-ring (bicyclic) bond motifs is 1. The first-order valence-electron chi connectivity index (χ1n) is 7.80. The second kappa shape index (κ2) is 6.68. The van der Waals surface area contributed by atoms with Crippen molar-refractivity contribution in [1.29, 1.82) is 0 Å². The van der Waals surface area contributed by atoms with Crippen LogP contribution in [0.5, 0.6) is 0 Å². The Balaban J connectivity index is 1.45. The van der Waals surface area contributed by atoms with Gasteiger partial charge in [-0.1, -0.05) is 0 Å². The number of urea groups is 1. The fraction of sp³-hybridized carbons (Fsp3) is 0.438. The molecule has 0 unspecified atom stereocenters. The van der Waals surface area contributed by atoms with Crippen LogP contribution in [0.1, 0.15) is 31.2 Å². The van der Waals surface area contributed by atoms with Crippen LogP contribution in [-0.4, -0.2) is 32.5 Å². The number of rotatable bonds is 4. The molecule has 23 heavy (non-hydrogen) atoms. The fourth-order valence-corrected chi connectivity index (χ4v) is 2.97. The summed E-state index contributed by atoms with van der Waals surface area (Å²) in [5.74, 6) is -1.00. The van der Waals surface area contributed by atoms with Crippen LogP contribution in [0, 0.1) is 5.92 Å². The van der Waals surface area contributed by atoms with Crippen LogP contribution in [0.25, 0.3) is 5.65 Å². The lowest BCUT2D eigenvalue weighted by Crippen LogP contribution is -2.43. The van der Waals surface area contributed by atoms with Gasteiger partial charge in [0.2, 0.25) is 0 Å². The van der Waals surface area contributed by atoms with Gasteiger partial charge in [0.15, 0.2) is 0 Å². The lowest BCUT2D eigenvalue weighted by molar-refractivity contribution is -0.142. The summed E-state index contributed by atoms with van der Waals surface area (Å²) in [4.78, 5) is 27.1. The molecule has 0 aliphatic heterocycles. The van der Waals surface area contributed by atoms with Crippen LogP contribution in [0.4, 0.5) is 4.79 Å². The standard InChI is InChI=1S/C16H20N4O3/c21-15(22)12-1-3-13(4-2-12)19-16(23)18-10-11-5-7-20-8-6-17-14(20)9-11/h5-9,12-13H,1-4,10H2,(H,21,22)(H2,18,19,23). The summed E-state index contributed by atoms with van der Waals surface area (Å²) in [5.41, 5.74) is 1.82. The number of aromatic nitrogens is 2. The Labute approximate surface area is 133 Å². The maximum absolute atomic E-state index is 12.0.